The monoisotopic (exact) mass is 161 g/mol. The molecule has 0 saturated heterocycles. The molecule has 0 spiro atoms. The highest BCUT2D eigenvalue weighted by molar-refractivity contribution is 5.64. The van der Waals surface area contributed by atoms with Crippen molar-refractivity contribution in [1.82, 2.24) is 0 Å². The van der Waals surface area contributed by atoms with Crippen molar-refractivity contribution in [2.75, 3.05) is 6.61 Å². The third-order valence-electron chi connectivity index (χ3n) is 1.38. The van der Waals surface area contributed by atoms with Crippen LogP contribution in [0.4, 0.5) is 4.79 Å². The van der Waals surface area contributed by atoms with Crippen LogP contribution < -0.4 is 5.73 Å². The zero-order valence-electron chi connectivity index (χ0n) is 7.13. The minimum Gasteiger partial charge on any atom is -0.447 e. The third-order valence-corrected chi connectivity index (χ3v) is 1.38. The van der Waals surface area contributed by atoms with Gasteiger partial charge in [0.25, 0.3) is 0 Å². The van der Waals surface area contributed by atoms with Crippen LogP contribution in [0.1, 0.15) is 20.8 Å². The van der Waals surface area contributed by atoms with Crippen LogP contribution in [-0.4, -0.2) is 23.9 Å². The van der Waals surface area contributed by atoms with Crippen molar-refractivity contribution in [3.63, 3.8) is 0 Å². The van der Waals surface area contributed by atoms with Crippen molar-refractivity contribution in [1.29, 1.82) is 0 Å². The van der Waals surface area contributed by atoms with Gasteiger partial charge in [-0.2, -0.15) is 0 Å². The molecule has 0 heterocycles. The van der Waals surface area contributed by atoms with Gasteiger partial charge in [-0.25, -0.2) is 4.79 Å². The Morgan fingerprint density at radius 2 is 2.09 bits per heavy atom. The summed E-state index contributed by atoms with van der Waals surface area (Å²) in [5.74, 6) is 0. The molecule has 0 fully saturated rings. The van der Waals surface area contributed by atoms with E-state index in [0.717, 1.165) is 0 Å². The average molecular weight is 161 g/mol. The highest BCUT2D eigenvalue weighted by Crippen LogP contribution is 2.18. The minimum absolute atomic E-state index is 0.0428. The molecule has 3 N–H and O–H groups in total. The lowest BCUT2D eigenvalue weighted by Crippen LogP contribution is -2.32. The fourth-order valence-electron chi connectivity index (χ4n) is 0.411. The highest BCUT2D eigenvalue weighted by atomic mass is 16.6. The van der Waals surface area contributed by atoms with E-state index in [1.807, 2.05) is 20.8 Å². The molecule has 66 valence electrons. The maximum atomic E-state index is 10.1. The van der Waals surface area contributed by atoms with Crippen molar-refractivity contribution >= 4 is 6.09 Å². The first-order chi connectivity index (χ1) is 4.84. The number of carbonyl (C=O) groups excluding carboxylic acids is 1. The van der Waals surface area contributed by atoms with Gasteiger partial charge in [0.2, 0.25) is 0 Å². The van der Waals surface area contributed by atoms with Crippen LogP contribution in [0, 0.1) is 5.41 Å². The topological polar surface area (TPSA) is 72.6 Å². The van der Waals surface area contributed by atoms with E-state index in [0.29, 0.717) is 0 Å². The fourth-order valence-corrected chi connectivity index (χ4v) is 0.411. The lowest BCUT2D eigenvalue weighted by atomic mass is 9.90. The van der Waals surface area contributed by atoms with E-state index in [1.54, 1.807) is 0 Å². The number of primary amides is 1. The summed E-state index contributed by atoms with van der Waals surface area (Å²) in [5, 5.41) is 9.30. The second kappa shape index (κ2) is 3.57. The SMILES string of the molecule is CC(C)(C)[C@@H](O)COC(N)=O. The van der Waals surface area contributed by atoms with Crippen LogP contribution >= 0.6 is 0 Å². The number of aliphatic hydroxyl groups is 1. The maximum Gasteiger partial charge on any atom is 0.404 e. The summed E-state index contributed by atoms with van der Waals surface area (Å²) in [6.07, 6.45) is -1.52. The molecule has 0 aliphatic carbocycles. The van der Waals surface area contributed by atoms with Gasteiger partial charge < -0.3 is 15.6 Å². The van der Waals surface area contributed by atoms with Crippen LogP contribution in [0.2, 0.25) is 0 Å². The molecule has 4 heteroatoms. The molecule has 0 aromatic heterocycles. The molecule has 4 nitrogen and oxygen atoms in total. The molecule has 0 aromatic carbocycles. The molecular formula is C7H15NO3. The van der Waals surface area contributed by atoms with E-state index in [1.165, 1.54) is 0 Å². The first kappa shape index (κ1) is 10.2. The quantitative estimate of drug-likeness (QED) is 0.619. The Bertz CT molecular complexity index is 139. The largest absolute Gasteiger partial charge is 0.447 e. The van der Waals surface area contributed by atoms with Crippen molar-refractivity contribution in [3.05, 3.63) is 0 Å². The number of hydrogen-bond donors (Lipinski definition) is 2. The first-order valence-corrected chi connectivity index (χ1v) is 3.44. The zero-order valence-corrected chi connectivity index (χ0v) is 7.13. The number of hydrogen-bond acceptors (Lipinski definition) is 3. The molecule has 1 amide bonds. The van der Waals surface area contributed by atoms with Gasteiger partial charge in [-0.3, -0.25) is 0 Å². The van der Waals surface area contributed by atoms with Gasteiger partial charge >= 0.3 is 6.09 Å². The highest BCUT2D eigenvalue weighted by Gasteiger charge is 2.22. The Morgan fingerprint density at radius 3 is 2.36 bits per heavy atom. The Hall–Kier alpha value is -0.770. The van der Waals surface area contributed by atoms with Crippen LogP contribution in [-0.2, 0) is 4.74 Å². The van der Waals surface area contributed by atoms with E-state index in [-0.39, 0.29) is 12.0 Å². The summed E-state index contributed by atoms with van der Waals surface area (Å²) in [7, 11) is 0. The predicted octanol–water partition coefficient (Wildman–Crippen LogP) is 0.489. The van der Waals surface area contributed by atoms with E-state index < -0.39 is 12.2 Å². The Kier molecular flexibility index (Phi) is 3.32. The minimum atomic E-state index is -0.853. The first-order valence-electron chi connectivity index (χ1n) is 3.44. The fraction of sp³-hybridized carbons (Fsp3) is 0.857. The summed E-state index contributed by atoms with van der Waals surface area (Å²) in [6.45, 7) is 5.50. The van der Waals surface area contributed by atoms with Gasteiger partial charge in [-0.15, -0.1) is 0 Å². The normalized spacial score (nSPS) is 14.2. The molecule has 0 radical (unpaired) electrons. The Labute approximate surface area is 66.3 Å². The molecule has 0 aliphatic rings. The van der Waals surface area contributed by atoms with Crippen molar-refractivity contribution < 1.29 is 14.6 Å². The van der Waals surface area contributed by atoms with Crippen LogP contribution in [0.5, 0.6) is 0 Å². The molecule has 0 unspecified atom stereocenters. The standard InChI is InChI=1S/C7H15NO3/c1-7(2,3)5(9)4-11-6(8)10/h5,9H,4H2,1-3H3,(H2,8,10)/t5-/m0/s1. The third kappa shape index (κ3) is 4.61. The molecule has 0 aromatic rings. The summed E-state index contributed by atoms with van der Waals surface area (Å²) in [6, 6.07) is 0. The van der Waals surface area contributed by atoms with E-state index >= 15 is 0 Å². The number of aliphatic hydroxyl groups excluding tert-OH is 1. The van der Waals surface area contributed by atoms with Crippen molar-refractivity contribution in [2.24, 2.45) is 11.1 Å². The Balaban J connectivity index is 3.70. The lowest BCUT2D eigenvalue weighted by molar-refractivity contribution is 0.00625. The molecule has 0 aliphatic heterocycles. The van der Waals surface area contributed by atoms with Crippen molar-refractivity contribution in [3.8, 4) is 0 Å². The molecule has 0 rings (SSSR count). The van der Waals surface area contributed by atoms with Crippen LogP contribution in [0.3, 0.4) is 0 Å². The number of nitrogens with two attached hydrogens (primary N) is 1. The molecule has 0 saturated carbocycles. The smallest absolute Gasteiger partial charge is 0.404 e. The van der Waals surface area contributed by atoms with E-state index in [2.05, 4.69) is 4.74 Å². The van der Waals surface area contributed by atoms with Gasteiger partial charge in [-0.05, 0) is 5.41 Å². The van der Waals surface area contributed by atoms with Gasteiger partial charge in [0.15, 0.2) is 0 Å². The van der Waals surface area contributed by atoms with Crippen LogP contribution in [0.15, 0.2) is 0 Å². The van der Waals surface area contributed by atoms with E-state index in [9.17, 15) is 9.90 Å². The summed E-state index contributed by atoms with van der Waals surface area (Å²) in [5.41, 5.74) is 4.43. The molecule has 11 heavy (non-hydrogen) atoms. The molecular weight excluding hydrogens is 146 g/mol. The second-order valence-electron chi connectivity index (χ2n) is 3.51. The lowest BCUT2D eigenvalue weighted by Gasteiger charge is -2.24. The second-order valence-corrected chi connectivity index (χ2v) is 3.51. The van der Waals surface area contributed by atoms with E-state index in [4.69, 9.17) is 5.73 Å². The average Bonchev–Trinajstić information content (AvgIpc) is 1.80. The molecule has 1 atom stereocenters. The molecule has 0 bridgehead atoms. The van der Waals surface area contributed by atoms with Crippen molar-refractivity contribution in [2.45, 2.75) is 26.9 Å². The Morgan fingerprint density at radius 1 is 1.64 bits per heavy atom. The van der Waals surface area contributed by atoms with Gasteiger partial charge in [-0.1, -0.05) is 20.8 Å². The summed E-state index contributed by atoms with van der Waals surface area (Å²) in [4.78, 5) is 10.1. The number of carbonyl (C=O) groups is 1. The number of ether oxygens (including phenoxy) is 1. The predicted molar refractivity (Wildman–Crippen MR) is 41.0 cm³/mol. The maximum absolute atomic E-state index is 10.1. The van der Waals surface area contributed by atoms with Gasteiger partial charge in [0.1, 0.15) is 6.61 Å². The summed E-state index contributed by atoms with van der Waals surface area (Å²) < 4.78 is 4.42. The zero-order chi connectivity index (χ0) is 9.07. The van der Waals surface area contributed by atoms with Gasteiger partial charge in [0.05, 0.1) is 6.10 Å². The number of rotatable bonds is 2. The summed E-state index contributed by atoms with van der Waals surface area (Å²) >= 11 is 0. The van der Waals surface area contributed by atoms with Gasteiger partial charge in [0, 0.05) is 0 Å². The number of amides is 1. The van der Waals surface area contributed by atoms with Crippen LogP contribution in [0.25, 0.3) is 0 Å².